The molecule has 0 aliphatic rings. The minimum Gasteiger partial charge on any atom is -0.480 e. The zero-order chi connectivity index (χ0) is 7.28. The molecule has 0 amide bonds. The summed E-state index contributed by atoms with van der Waals surface area (Å²) in [4.78, 5) is 10.2. The van der Waals surface area contributed by atoms with Crippen LogP contribution in [-0.2, 0) is 4.79 Å². The average molecular weight is 150 g/mol. The lowest BCUT2D eigenvalue weighted by molar-refractivity contribution is -0.138. The van der Waals surface area contributed by atoms with Crippen LogP contribution in [0.5, 0.6) is 0 Å². The molecule has 0 saturated carbocycles. The lowest BCUT2D eigenvalue weighted by Crippen LogP contribution is -2.41. The van der Waals surface area contributed by atoms with Gasteiger partial charge in [-0.2, -0.15) is 12.6 Å². The van der Waals surface area contributed by atoms with Crippen LogP contribution in [0.15, 0.2) is 0 Å². The van der Waals surface area contributed by atoms with Crippen molar-refractivity contribution in [2.75, 3.05) is 12.4 Å². The van der Waals surface area contributed by atoms with Crippen molar-refractivity contribution in [2.24, 2.45) is 5.73 Å². The second-order valence-electron chi connectivity index (χ2n) is 1.48. The number of carboxylic acid groups (broad SMARTS) is 1. The average Bonchev–Trinajstić information content (AvgIpc) is 1.82. The van der Waals surface area contributed by atoms with E-state index in [1.807, 2.05) is 0 Å². The molecule has 54 valence electrons. The van der Waals surface area contributed by atoms with E-state index < -0.39 is 12.0 Å². The Morgan fingerprint density at radius 1 is 1.89 bits per heavy atom. The van der Waals surface area contributed by atoms with Gasteiger partial charge in [0.15, 0.2) is 0 Å². The van der Waals surface area contributed by atoms with Gasteiger partial charge in [0.25, 0.3) is 0 Å². The molecule has 0 rings (SSSR count). The molecule has 4 nitrogen and oxygen atoms in total. The number of hydrogen-bond donors (Lipinski definition) is 4. The molecular weight excluding hydrogens is 140 g/mol. The number of carbonyl (C=O) groups is 1. The summed E-state index contributed by atoms with van der Waals surface area (Å²) in [6, 6.07) is -0.627. The molecule has 0 aliphatic carbocycles. The van der Waals surface area contributed by atoms with Crippen LogP contribution >= 0.6 is 12.6 Å². The summed E-state index contributed by atoms with van der Waals surface area (Å²) < 4.78 is 0. The third-order valence-electron chi connectivity index (χ3n) is 0.845. The van der Waals surface area contributed by atoms with Crippen LogP contribution in [0.2, 0.25) is 0 Å². The highest BCUT2D eigenvalue weighted by Crippen LogP contribution is 1.85. The van der Waals surface area contributed by atoms with E-state index in [0.717, 1.165) is 0 Å². The Kier molecular flexibility index (Phi) is 4.47. The van der Waals surface area contributed by atoms with Gasteiger partial charge >= 0.3 is 5.97 Å². The van der Waals surface area contributed by atoms with Crippen molar-refractivity contribution in [3.8, 4) is 0 Å². The minimum atomic E-state index is -0.921. The third kappa shape index (κ3) is 3.34. The number of hydrogen-bond acceptors (Lipinski definition) is 4. The van der Waals surface area contributed by atoms with E-state index in [1.165, 1.54) is 0 Å². The largest absolute Gasteiger partial charge is 0.480 e. The Bertz CT molecular complexity index is 98.6. The van der Waals surface area contributed by atoms with E-state index in [-0.39, 0.29) is 12.4 Å². The van der Waals surface area contributed by atoms with Crippen molar-refractivity contribution >= 4 is 18.6 Å². The molecule has 0 spiro atoms. The summed E-state index contributed by atoms with van der Waals surface area (Å²) in [5, 5.41) is 10.9. The SMILES string of the molecule is NCN[C@H](CS)C(=O)O. The predicted octanol–water partition coefficient (Wildman–Crippen LogP) is -1.12. The van der Waals surface area contributed by atoms with Crippen LogP contribution in [0.4, 0.5) is 0 Å². The molecule has 0 aromatic heterocycles. The van der Waals surface area contributed by atoms with Gasteiger partial charge in [0.05, 0.1) is 0 Å². The van der Waals surface area contributed by atoms with Crippen LogP contribution < -0.4 is 11.1 Å². The third-order valence-corrected chi connectivity index (χ3v) is 1.21. The fourth-order valence-electron chi connectivity index (χ4n) is 0.372. The van der Waals surface area contributed by atoms with Gasteiger partial charge in [-0.1, -0.05) is 0 Å². The first-order valence-electron chi connectivity index (χ1n) is 2.49. The zero-order valence-corrected chi connectivity index (χ0v) is 5.77. The maximum absolute atomic E-state index is 10.2. The van der Waals surface area contributed by atoms with Gasteiger partial charge in [-0.25, -0.2) is 0 Å². The van der Waals surface area contributed by atoms with E-state index >= 15 is 0 Å². The van der Waals surface area contributed by atoms with Gasteiger partial charge in [0.2, 0.25) is 0 Å². The highest BCUT2D eigenvalue weighted by atomic mass is 32.1. The molecule has 0 heterocycles. The van der Waals surface area contributed by atoms with Crippen molar-refractivity contribution < 1.29 is 9.90 Å². The van der Waals surface area contributed by atoms with Crippen LogP contribution in [0.3, 0.4) is 0 Å². The second kappa shape index (κ2) is 4.60. The molecule has 9 heavy (non-hydrogen) atoms. The Hall–Kier alpha value is -0.260. The number of rotatable bonds is 4. The lowest BCUT2D eigenvalue weighted by atomic mass is 10.3. The Labute approximate surface area is 58.8 Å². The summed E-state index contributed by atoms with van der Waals surface area (Å²) in [6.45, 7) is 0.164. The van der Waals surface area contributed by atoms with E-state index in [2.05, 4.69) is 17.9 Å². The van der Waals surface area contributed by atoms with Gasteiger partial charge in [-0.3, -0.25) is 10.1 Å². The summed E-state index contributed by atoms with van der Waals surface area (Å²) >= 11 is 3.79. The van der Waals surface area contributed by atoms with Gasteiger partial charge in [-0.05, 0) is 0 Å². The summed E-state index contributed by atoms with van der Waals surface area (Å²) in [6.07, 6.45) is 0. The number of aliphatic carboxylic acids is 1. The fourth-order valence-corrected chi connectivity index (χ4v) is 0.657. The molecule has 1 atom stereocenters. The first kappa shape index (κ1) is 8.74. The molecule has 0 unspecified atom stereocenters. The van der Waals surface area contributed by atoms with E-state index in [9.17, 15) is 4.79 Å². The summed E-state index contributed by atoms with van der Waals surface area (Å²) in [5.41, 5.74) is 5.03. The van der Waals surface area contributed by atoms with Gasteiger partial charge in [-0.15, -0.1) is 0 Å². The number of thiol groups is 1. The first-order chi connectivity index (χ1) is 4.22. The van der Waals surface area contributed by atoms with Crippen molar-refractivity contribution in [2.45, 2.75) is 6.04 Å². The van der Waals surface area contributed by atoms with Gasteiger partial charge in [0, 0.05) is 12.4 Å². The maximum atomic E-state index is 10.2. The molecule has 0 bridgehead atoms. The lowest BCUT2D eigenvalue weighted by Gasteiger charge is -2.07. The monoisotopic (exact) mass is 150 g/mol. The van der Waals surface area contributed by atoms with Crippen LogP contribution in [-0.4, -0.2) is 29.5 Å². The molecule has 5 heteroatoms. The van der Waals surface area contributed by atoms with Gasteiger partial charge in [0.1, 0.15) is 6.04 Å². The minimum absolute atomic E-state index is 0.164. The molecule has 0 fully saturated rings. The second-order valence-corrected chi connectivity index (χ2v) is 1.85. The normalized spacial score (nSPS) is 13.1. The van der Waals surface area contributed by atoms with E-state index in [1.54, 1.807) is 0 Å². The first-order valence-corrected chi connectivity index (χ1v) is 3.12. The molecule has 0 saturated heterocycles. The zero-order valence-electron chi connectivity index (χ0n) is 4.87. The number of carboxylic acids is 1. The highest BCUT2D eigenvalue weighted by Gasteiger charge is 2.12. The molecule has 0 aromatic rings. The van der Waals surface area contributed by atoms with Crippen LogP contribution in [0.1, 0.15) is 0 Å². The molecule has 0 radical (unpaired) electrons. The van der Waals surface area contributed by atoms with Crippen molar-refractivity contribution in [3.63, 3.8) is 0 Å². The van der Waals surface area contributed by atoms with Gasteiger partial charge < -0.3 is 10.8 Å². The summed E-state index contributed by atoms with van der Waals surface area (Å²) in [7, 11) is 0. The predicted molar refractivity (Wildman–Crippen MR) is 37.5 cm³/mol. The number of nitrogens with one attached hydrogen (secondary N) is 1. The Morgan fingerprint density at radius 2 is 2.44 bits per heavy atom. The molecule has 0 aliphatic heterocycles. The molecule has 0 aromatic carbocycles. The Morgan fingerprint density at radius 3 is 2.56 bits per heavy atom. The summed E-state index contributed by atoms with van der Waals surface area (Å²) in [5.74, 6) is -0.664. The topological polar surface area (TPSA) is 75.3 Å². The van der Waals surface area contributed by atoms with E-state index in [0.29, 0.717) is 0 Å². The highest BCUT2D eigenvalue weighted by molar-refractivity contribution is 7.80. The van der Waals surface area contributed by atoms with Crippen molar-refractivity contribution in [3.05, 3.63) is 0 Å². The van der Waals surface area contributed by atoms with Crippen molar-refractivity contribution in [1.29, 1.82) is 0 Å². The van der Waals surface area contributed by atoms with Crippen LogP contribution in [0, 0.1) is 0 Å². The molecular formula is C4H10N2O2S. The maximum Gasteiger partial charge on any atom is 0.321 e. The van der Waals surface area contributed by atoms with E-state index in [4.69, 9.17) is 10.8 Å². The smallest absolute Gasteiger partial charge is 0.321 e. The standard InChI is InChI=1S/C4H10N2O2S/c5-2-6-3(1-9)4(7)8/h3,6,9H,1-2,5H2,(H,7,8)/t3-/m1/s1. The molecule has 4 N–H and O–H groups in total. The van der Waals surface area contributed by atoms with Crippen LogP contribution in [0.25, 0.3) is 0 Å². The Balaban J connectivity index is 3.54. The number of nitrogens with two attached hydrogens (primary N) is 1. The fraction of sp³-hybridized carbons (Fsp3) is 0.750. The van der Waals surface area contributed by atoms with Crippen molar-refractivity contribution in [1.82, 2.24) is 5.32 Å². The quantitative estimate of drug-likeness (QED) is 0.302.